The van der Waals surface area contributed by atoms with Crippen LogP contribution >= 0.6 is 23.2 Å². The first-order chi connectivity index (χ1) is 17.3. The van der Waals surface area contributed by atoms with Crippen molar-refractivity contribution in [3.63, 3.8) is 0 Å². The van der Waals surface area contributed by atoms with Crippen LogP contribution in [0.5, 0.6) is 11.6 Å². The number of methoxy groups -OCH3 is 1. The smallest absolute Gasteiger partial charge is 0.213 e. The summed E-state index contributed by atoms with van der Waals surface area (Å²) in [4.78, 5) is 8.69. The average molecular weight is 532 g/mol. The lowest BCUT2D eigenvalue weighted by Gasteiger charge is -2.45. The van der Waals surface area contributed by atoms with Crippen LogP contribution in [0.4, 0.5) is 5.69 Å². The van der Waals surface area contributed by atoms with Crippen LogP contribution in [0.3, 0.4) is 0 Å². The predicted octanol–water partition coefficient (Wildman–Crippen LogP) is 4.54. The first kappa shape index (κ1) is 26.5. The number of hydrogen-bond acceptors (Lipinski definition) is 7. The number of ether oxygens (including phenoxy) is 2. The molecule has 36 heavy (non-hydrogen) atoms. The molecule has 1 fully saturated rings. The summed E-state index contributed by atoms with van der Waals surface area (Å²) in [5.74, 6) is 1.08. The van der Waals surface area contributed by atoms with Crippen LogP contribution in [0.2, 0.25) is 10.0 Å². The van der Waals surface area contributed by atoms with Crippen molar-refractivity contribution < 1.29 is 19.7 Å². The summed E-state index contributed by atoms with van der Waals surface area (Å²) in [6.45, 7) is 4.54. The number of aromatic nitrogens is 1. The van der Waals surface area contributed by atoms with Gasteiger partial charge in [0.05, 0.1) is 36.1 Å². The van der Waals surface area contributed by atoms with Crippen molar-refractivity contribution in [3.05, 3.63) is 82.0 Å². The Labute approximate surface area is 221 Å². The number of β-amino-alcohol motifs (C(OH)–C–C–N with tert-alkyl or cyclic N) is 1. The van der Waals surface area contributed by atoms with Gasteiger partial charge in [-0.25, -0.2) is 4.98 Å². The van der Waals surface area contributed by atoms with Crippen LogP contribution in [0.1, 0.15) is 24.1 Å². The molecule has 0 radical (unpaired) electrons. The summed E-state index contributed by atoms with van der Waals surface area (Å²) in [5.41, 5.74) is 1.66. The fourth-order valence-electron chi connectivity index (χ4n) is 4.60. The molecular formula is C27H31Cl2N3O4. The molecular weight excluding hydrogens is 501 g/mol. The minimum atomic E-state index is -1.09. The molecule has 0 aliphatic carbocycles. The lowest BCUT2D eigenvalue weighted by molar-refractivity contribution is 0.0100. The number of hydrogen-bond donors (Lipinski definition) is 2. The molecule has 2 heterocycles. The SMILES string of the molecule is COc1cc([C@](C)(O)CN2CCN(c3ccc(OCCO)cc3Cl)[C@H](c3ccc(Cl)cc3)C2)ccn1. The number of pyridine rings is 1. The zero-order valence-electron chi connectivity index (χ0n) is 20.4. The summed E-state index contributed by atoms with van der Waals surface area (Å²) in [7, 11) is 1.56. The lowest BCUT2D eigenvalue weighted by atomic mass is 9.94. The van der Waals surface area contributed by atoms with Gasteiger partial charge in [0.25, 0.3) is 0 Å². The second kappa shape index (κ2) is 11.7. The van der Waals surface area contributed by atoms with E-state index in [1.54, 1.807) is 25.4 Å². The van der Waals surface area contributed by atoms with Crippen LogP contribution in [0.15, 0.2) is 60.8 Å². The Hall–Kier alpha value is -2.55. The van der Waals surface area contributed by atoms with Gasteiger partial charge in [-0.2, -0.15) is 0 Å². The quantitative estimate of drug-likeness (QED) is 0.419. The maximum atomic E-state index is 11.4. The van der Waals surface area contributed by atoms with Crippen molar-refractivity contribution in [3.8, 4) is 11.6 Å². The van der Waals surface area contributed by atoms with Crippen LogP contribution in [-0.4, -0.2) is 66.6 Å². The van der Waals surface area contributed by atoms with E-state index in [9.17, 15) is 5.11 Å². The number of aliphatic hydroxyl groups excluding tert-OH is 1. The molecule has 0 saturated carbocycles. The van der Waals surface area contributed by atoms with Crippen molar-refractivity contribution in [2.45, 2.75) is 18.6 Å². The summed E-state index contributed by atoms with van der Waals surface area (Å²) in [5, 5.41) is 21.7. The highest BCUT2D eigenvalue weighted by molar-refractivity contribution is 6.33. The van der Waals surface area contributed by atoms with Gasteiger partial charge >= 0.3 is 0 Å². The van der Waals surface area contributed by atoms with E-state index in [0.717, 1.165) is 23.4 Å². The Morgan fingerprint density at radius 3 is 2.56 bits per heavy atom. The van der Waals surface area contributed by atoms with E-state index in [1.807, 2.05) is 49.4 Å². The molecule has 7 nitrogen and oxygen atoms in total. The largest absolute Gasteiger partial charge is 0.491 e. The molecule has 9 heteroatoms. The molecule has 1 aliphatic rings. The maximum absolute atomic E-state index is 11.4. The minimum Gasteiger partial charge on any atom is -0.491 e. The number of anilines is 1. The number of nitrogens with zero attached hydrogens (tertiary/aromatic N) is 3. The van der Waals surface area contributed by atoms with Crippen LogP contribution in [-0.2, 0) is 5.60 Å². The third-order valence-electron chi connectivity index (χ3n) is 6.41. The standard InChI is InChI=1S/C27H31Cl2N3O4/c1-27(34,20-9-10-30-26(15-20)35-2)18-31-11-12-32(25(17-31)19-3-5-21(28)6-4-19)24-8-7-22(16-23(24)29)36-14-13-33/h3-10,15-16,25,33-34H,11-14,17-18H2,1-2H3/t25-,27+/m0/s1. The first-order valence-corrected chi connectivity index (χ1v) is 12.6. The highest BCUT2D eigenvalue weighted by Gasteiger charge is 2.34. The Bertz CT molecular complexity index is 1160. The Morgan fingerprint density at radius 1 is 1.08 bits per heavy atom. The number of piperazine rings is 1. The third kappa shape index (κ3) is 6.22. The van der Waals surface area contributed by atoms with Gasteiger partial charge in [0.1, 0.15) is 12.4 Å². The Morgan fingerprint density at radius 2 is 1.86 bits per heavy atom. The first-order valence-electron chi connectivity index (χ1n) is 11.8. The van der Waals surface area contributed by atoms with Gasteiger partial charge in [0.15, 0.2) is 0 Å². The summed E-state index contributed by atoms with van der Waals surface area (Å²) < 4.78 is 10.8. The van der Waals surface area contributed by atoms with Gasteiger partial charge in [-0.15, -0.1) is 0 Å². The monoisotopic (exact) mass is 531 g/mol. The van der Waals surface area contributed by atoms with Gasteiger partial charge in [-0.05, 0) is 48.4 Å². The van der Waals surface area contributed by atoms with Crippen molar-refractivity contribution >= 4 is 28.9 Å². The van der Waals surface area contributed by atoms with Crippen molar-refractivity contribution in [2.75, 3.05) is 51.4 Å². The normalized spacial score (nSPS) is 18.1. The second-order valence-corrected chi connectivity index (χ2v) is 9.89. The van der Waals surface area contributed by atoms with Crippen LogP contribution < -0.4 is 14.4 Å². The van der Waals surface area contributed by atoms with Gasteiger partial charge in [0.2, 0.25) is 5.88 Å². The maximum Gasteiger partial charge on any atom is 0.213 e. The Kier molecular flexibility index (Phi) is 8.59. The molecule has 2 atom stereocenters. The number of aliphatic hydroxyl groups is 2. The zero-order valence-corrected chi connectivity index (χ0v) is 21.9. The van der Waals surface area contributed by atoms with Crippen LogP contribution in [0, 0.1) is 0 Å². The van der Waals surface area contributed by atoms with E-state index >= 15 is 0 Å². The molecule has 3 aromatic rings. The summed E-state index contributed by atoms with van der Waals surface area (Å²) >= 11 is 12.9. The Balaban J connectivity index is 1.59. The van der Waals surface area contributed by atoms with E-state index in [-0.39, 0.29) is 19.3 Å². The molecule has 1 aromatic heterocycles. The second-order valence-electron chi connectivity index (χ2n) is 9.04. The molecule has 192 valence electrons. The van der Waals surface area contributed by atoms with Crippen molar-refractivity contribution in [1.29, 1.82) is 0 Å². The molecule has 1 aliphatic heterocycles. The highest BCUT2D eigenvalue weighted by Crippen LogP contribution is 2.38. The van der Waals surface area contributed by atoms with Gasteiger partial charge in [0, 0.05) is 49.5 Å². The zero-order chi connectivity index (χ0) is 25.7. The number of rotatable bonds is 9. The minimum absolute atomic E-state index is 0.0134. The molecule has 2 N–H and O–H groups in total. The van der Waals surface area contributed by atoms with Gasteiger partial charge in [-0.1, -0.05) is 35.3 Å². The fourth-order valence-corrected chi connectivity index (χ4v) is 5.00. The highest BCUT2D eigenvalue weighted by atomic mass is 35.5. The fraction of sp³-hybridized carbons (Fsp3) is 0.370. The average Bonchev–Trinajstić information content (AvgIpc) is 2.88. The van der Waals surface area contributed by atoms with Gasteiger partial charge in [-0.3, -0.25) is 4.90 Å². The van der Waals surface area contributed by atoms with Gasteiger partial charge < -0.3 is 24.6 Å². The van der Waals surface area contributed by atoms with E-state index in [2.05, 4.69) is 14.8 Å². The number of benzene rings is 2. The van der Waals surface area contributed by atoms with E-state index in [1.165, 1.54) is 0 Å². The van der Waals surface area contributed by atoms with Crippen molar-refractivity contribution in [2.24, 2.45) is 0 Å². The van der Waals surface area contributed by atoms with E-state index < -0.39 is 5.60 Å². The molecule has 0 unspecified atom stereocenters. The third-order valence-corrected chi connectivity index (χ3v) is 6.96. The van der Waals surface area contributed by atoms with E-state index in [0.29, 0.717) is 41.3 Å². The summed E-state index contributed by atoms with van der Waals surface area (Å²) in [6, 6.07) is 17.0. The molecule has 4 rings (SSSR count). The molecule has 0 bridgehead atoms. The molecule has 0 spiro atoms. The lowest BCUT2D eigenvalue weighted by Crippen LogP contribution is -2.52. The molecule has 0 amide bonds. The topological polar surface area (TPSA) is 78.3 Å². The predicted molar refractivity (Wildman–Crippen MR) is 142 cm³/mol. The van der Waals surface area contributed by atoms with Crippen LogP contribution in [0.25, 0.3) is 0 Å². The summed E-state index contributed by atoms with van der Waals surface area (Å²) in [6.07, 6.45) is 1.65. The molecule has 2 aromatic carbocycles. The number of halogens is 2. The molecule has 1 saturated heterocycles. The van der Waals surface area contributed by atoms with E-state index in [4.69, 9.17) is 37.8 Å². The van der Waals surface area contributed by atoms with Crippen molar-refractivity contribution in [1.82, 2.24) is 9.88 Å².